The number of nitriles is 1. The second-order valence-corrected chi connectivity index (χ2v) is 15.4. The van der Waals surface area contributed by atoms with E-state index in [1.807, 2.05) is 24.8 Å². The summed E-state index contributed by atoms with van der Waals surface area (Å²) in [6.07, 6.45) is 6.31. The van der Waals surface area contributed by atoms with E-state index in [2.05, 4.69) is 25.8 Å². The van der Waals surface area contributed by atoms with E-state index in [9.17, 15) is 14.4 Å². The number of halogens is 3. The molecular weight excluding hydrogens is 709 g/mol. The van der Waals surface area contributed by atoms with Crippen LogP contribution in [0.1, 0.15) is 39.5 Å². The van der Waals surface area contributed by atoms with E-state index in [4.69, 9.17) is 14.5 Å². The number of fused-ring (bicyclic) bond motifs is 3. The van der Waals surface area contributed by atoms with Crippen molar-refractivity contribution in [1.29, 1.82) is 5.26 Å². The van der Waals surface area contributed by atoms with E-state index < -0.39 is 29.4 Å². The quantitative estimate of drug-likeness (QED) is 0.198. The van der Waals surface area contributed by atoms with Crippen LogP contribution < -0.4 is 9.64 Å². The molecule has 0 bridgehead atoms. The Morgan fingerprint density at radius 2 is 1.87 bits per heavy atom. The monoisotopic (exact) mass is 754 g/mol. The average molecular weight is 755 g/mol. The molecule has 2 aromatic heterocycles. The van der Waals surface area contributed by atoms with Gasteiger partial charge in [0.2, 0.25) is 5.91 Å². The predicted octanol–water partition coefficient (Wildman–Crippen LogP) is 5.67. The zero-order valence-electron chi connectivity index (χ0n) is 31.1. The molecule has 14 heteroatoms. The van der Waals surface area contributed by atoms with Crippen molar-refractivity contribution in [3.63, 3.8) is 0 Å². The highest BCUT2D eigenvalue weighted by atomic mass is 19.1. The Bertz CT molecular complexity index is 2150. The molecule has 4 fully saturated rings. The van der Waals surface area contributed by atoms with Gasteiger partial charge in [0, 0.05) is 75.5 Å². The first-order chi connectivity index (χ1) is 26.6. The zero-order valence-corrected chi connectivity index (χ0v) is 31.1. The molecule has 2 aromatic carbocycles. The van der Waals surface area contributed by atoms with Crippen LogP contribution in [-0.2, 0) is 9.53 Å². The number of ether oxygens (including phenoxy) is 2. The normalized spacial score (nSPS) is 26.3. The van der Waals surface area contributed by atoms with Crippen LogP contribution in [0.25, 0.3) is 32.9 Å². The van der Waals surface area contributed by atoms with E-state index in [1.54, 1.807) is 41.3 Å². The minimum absolute atomic E-state index is 0.0565. The Morgan fingerprint density at radius 1 is 1.07 bits per heavy atom. The number of nitrogens with zero attached hydrogens (tertiary/aromatic N) is 8. The van der Waals surface area contributed by atoms with Crippen molar-refractivity contribution in [3.05, 3.63) is 66.4 Å². The first-order valence-corrected chi connectivity index (χ1v) is 19.1. The number of piperazine rings is 1. The molecule has 4 aromatic rings. The maximum atomic E-state index is 16.9. The highest BCUT2D eigenvalue weighted by Gasteiger charge is 2.49. The lowest BCUT2D eigenvalue weighted by Crippen LogP contribution is -2.55. The van der Waals surface area contributed by atoms with Crippen molar-refractivity contribution in [2.45, 2.75) is 69.5 Å². The van der Waals surface area contributed by atoms with E-state index in [0.717, 1.165) is 32.5 Å². The van der Waals surface area contributed by atoms with Gasteiger partial charge in [0.25, 0.3) is 0 Å². The van der Waals surface area contributed by atoms with Gasteiger partial charge in [0.1, 0.15) is 35.6 Å². The summed E-state index contributed by atoms with van der Waals surface area (Å²) >= 11 is 0. The molecule has 4 saturated heterocycles. The van der Waals surface area contributed by atoms with Gasteiger partial charge in [-0.3, -0.25) is 19.6 Å². The SMILES string of the molecule is C[C@@H]1CN(C/C=C/C(=O)N2CCN(c3nc(OC[C@@]45CCCN4C[C@H](F)C5)nc4c(F)c(-c5cccc6cccc(F)c56)ncc34)C[C@@H]2CC#N)C[C@@H](C)O1. The Morgan fingerprint density at radius 3 is 2.67 bits per heavy atom. The fourth-order valence-electron chi connectivity index (χ4n) is 9.10. The number of alkyl halides is 1. The molecule has 4 aliphatic heterocycles. The number of pyridine rings is 1. The summed E-state index contributed by atoms with van der Waals surface area (Å²) in [6, 6.07) is 11.5. The van der Waals surface area contributed by atoms with Gasteiger partial charge in [-0.1, -0.05) is 36.4 Å². The highest BCUT2D eigenvalue weighted by molar-refractivity contribution is 5.99. The molecule has 4 aliphatic rings. The lowest BCUT2D eigenvalue weighted by Gasteiger charge is -2.41. The van der Waals surface area contributed by atoms with Gasteiger partial charge in [-0.2, -0.15) is 15.2 Å². The molecule has 0 aliphatic carbocycles. The van der Waals surface area contributed by atoms with Crippen molar-refractivity contribution in [2.75, 3.05) is 63.9 Å². The van der Waals surface area contributed by atoms with Crippen LogP contribution in [0.4, 0.5) is 19.0 Å². The minimum atomic E-state index is -0.957. The van der Waals surface area contributed by atoms with Gasteiger partial charge in [0.15, 0.2) is 5.82 Å². The maximum Gasteiger partial charge on any atom is 0.319 e. The Labute approximate surface area is 318 Å². The number of anilines is 1. The lowest BCUT2D eigenvalue weighted by atomic mass is 9.95. The zero-order chi connectivity index (χ0) is 38.3. The molecule has 11 nitrogen and oxygen atoms in total. The second-order valence-electron chi connectivity index (χ2n) is 15.4. The molecule has 0 unspecified atom stereocenters. The molecule has 8 rings (SSSR count). The number of carbonyl (C=O) groups excluding carboxylic acids is 1. The summed E-state index contributed by atoms with van der Waals surface area (Å²) < 4.78 is 58.8. The van der Waals surface area contributed by atoms with E-state index in [0.29, 0.717) is 49.2 Å². The third kappa shape index (κ3) is 7.33. The second kappa shape index (κ2) is 15.4. The van der Waals surface area contributed by atoms with Gasteiger partial charge in [-0.25, -0.2) is 13.2 Å². The molecule has 0 radical (unpaired) electrons. The first-order valence-electron chi connectivity index (χ1n) is 19.1. The minimum Gasteiger partial charge on any atom is -0.461 e. The summed E-state index contributed by atoms with van der Waals surface area (Å²) in [7, 11) is 0. The topological polar surface area (TPSA) is 111 Å². The van der Waals surface area contributed by atoms with Crippen molar-refractivity contribution in [1.82, 2.24) is 29.7 Å². The van der Waals surface area contributed by atoms with Gasteiger partial charge in [-0.05, 0) is 44.7 Å². The summed E-state index contributed by atoms with van der Waals surface area (Å²) in [4.78, 5) is 35.4. The van der Waals surface area contributed by atoms with Crippen molar-refractivity contribution < 1.29 is 27.4 Å². The van der Waals surface area contributed by atoms with Crippen molar-refractivity contribution in [3.8, 4) is 23.3 Å². The highest BCUT2D eigenvalue weighted by Crippen LogP contribution is 2.41. The van der Waals surface area contributed by atoms with Crippen LogP contribution in [0.15, 0.2) is 54.7 Å². The third-order valence-corrected chi connectivity index (χ3v) is 11.5. The molecule has 0 N–H and O–H groups in total. The number of carbonyl (C=O) groups is 1. The maximum absolute atomic E-state index is 16.9. The Hall–Kier alpha value is -4.84. The van der Waals surface area contributed by atoms with Crippen LogP contribution in [0.2, 0.25) is 0 Å². The summed E-state index contributed by atoms with van der Waals surface area (Å²) in [6.45, 7) is 8.39. The first kappa shape index (κ1) is 37.1. The van der Waals surface area contributed by atoms with Crippen molar-refractivity contribution >= 4 is 33.4 Å². The number of hydrogen-bond donors (Lipinski definition) is 0. The fourth-order valence-corrected chi connectivity index (χ4v) is 9.10. The van der Waals surface area contributed by atoms with Crippen LogP contribution in [0, 0.1) is 23.0 Å². The van der Waals surface area contributed by atoms with Gasteiger partial charge in [0.05, 0.1) is 41.7 Å². The van der Waals surface area contributed by atoms with E-state index in [1.165, 1.54) is 12.3 Å². The predicted molar refractivity (Wildman–Crippen MR) is 202 cm³/mol. The Balaban J connectivity index is 1.11. The summed E-state index contributed by atoms with van der Waals surface area (Å²) in [5.74, 6) is -1.10. The van der Waals surface area contributed by atoms with Crippen LogP contribution in [-0.4, -0.2) is 124 Å². The van der Waals surface area contributed by atoms with Crippen molar-refractivity contribution in [2.24, 2.45) is 0 Å². The lowest BCUT2D eigenvalue weighted by molar-refractivity contribution is -0.128. The smallest absolute Gasteiger partial charge is 0.319 e. The third-order valence-electron chi connectivity index (χ3n) is 11.5. The fraction of sp³-hybridized carbons (Fsp3) is 0.488. The average Bonchev–Trinajstić information content (AvgIpc) is 3.69. The largest absolute Gasteiger partial charge is 0.461 e. The van der Waals surface area contributed by atoms with Crippen LogP contribution in [0.5, 0.6) is 6.01 Å². The molecule has 288 valence electrons. The van der Waals surface area contributed by atoms with E-state index in [-0.39, 0.29) is 65.9 Å². The van der Waals surface area contributed by atoms with Crippen LogP contribution >= 0.6 is 0 Å². The molecule has 6 heterocycles. The van der Waals surface area contributed by atoms with Gasteiger partial charge < -0.3 is 19.3 Å². The van der Waals surface area contributed by atoms with Crippen LogP contribution in [0.3, 0.4) is 0 Å². The van der Waals surface area contributed by atoms with E-state index >= 15 is 8.78 Å². The number of amides is 1. The number of benzene rings is 2. The Kier molecular flexibility index (Phi) is 10.4. The molecule has 5 atom stereocenters. The summed E-state index contributed by atoms with van der Waals surface area (Å²) in [5.41, 5.74) is -0.333. The van der Waals surface area contributed by atoms with Gasteiger partial charge >= 0.3 is 6.01 Å². The number of aromatic nitrogens is 3. The molecule has 1 amide bonds. The number of hydrogen-bond acceptors (Lipinski definition) is 10. The molecular formula is C41H45F3N8O3. The molecule has 0 spiro atoms. The summed E-state index contributed by atoms with van der Waals surface area (Å²) in [5, 5.41) is 11.0. The standard InChI is InChI=1S/C41H45F3N8O3/c1-26-21-49(22-27(2)55-26)15-5-11-34(53)52-18-17-50(24-30(52)12-14-45)39-32-20-46-37(31-9-3-7-28-8-4-10-33(43)35(28)31)36(44)38(32)47-40(48-39)54-25-41-13-6-16-51(41)23-29(42)19-41/h3-5,7-11,20,26-27,29-30H,6,12-13,15-19,21-25H2,1-2H3/b11-5+/t26-,27-,29-,30+,41+/m1/s1. The molecule has 55 heavy (non-hydrogen) atoms. The molecule has 0 saturated carbocycles. The number of morpholine rings is 1. The van der Waals surface area contributed by atoms with Gasteiger partial charge in [-0.15, -0.1) is 0 Å². The number of rotatable bonds is 9.